The number of nitrogens with two attached hydrogens (primary N) is 1. The molecule has 0 saturated heterocycles. The van der Waals surface area contributed by atoms with Crippen LogP contribution in [0.4, 0.5) is 5.69 Å². The normalized spacial score (nSPS) is 11.8. The minimum Gasteiger partial charge on any atom is -0.342 e. The molecule has 1 heterocycles. The number of fused-ring (bicyclic) bond motifs is 1. The maximum Gasteiger partial charge on any atom is 0.230 e. The van der Waals surface area contributed by atoms with E-state index >= 15 is 0 Å². The van der Waals surface area contributed by atoms with Gasteiger partial charge in [-0.25, -0.2) is 4.98 Å². The summed E-state index contributed by atoms with van der Waals surface area (Å²) >= 11 is 0. The number of H-pyrrole nitrogens is 1. The number of nitrogens with one attached hydrogen (secondary N) is 2. The van der Waals surface area contributed by atoms with Gasteiger partial charge in [0.15, 0.2) is 0 Å². The van der Waals surface area contributed by atoms with Crippen LogP contribution in [0.1, 0.15) is 26.1 Å². The quantitative estimate of drug-likeness (QED) is 0.787. The highest BCUT2D eigenvalue weighted by atomic mass is 16.2. The van der Waals surface area contributed by atoms with E-state index in [1.165, 1.54) is 0 Å². The van der Waals surface area contributed by atoms with Crippen molar-refractivity contribution in [3.8, 4) is 0 Å². The molecule has 1 aromatic carbocycles. The second-order valence-corrected chi connectivity index (χ2v) is 5.43. The van der Waals surface area contributed by atoms with Crippen LogP contribution >= 0.6 is 0 Å². The van der Waals surface area contributed by atoms with E-state index in [-0.39, 0.29) is 5.91 Å². The molecular weight excluding hydrogens is 240 g/mol. The summed E-state index contributed by atoms with van der Waals surface area (Å²) in [5, 5.41) is 2.93. The zero-order valence-corrected chi connectivity index (χ0v) is 11.6. The lowest BCUT2D eigenvalue weighted by Gasteiger charge is -2.22. The number of anilines is 1. The van der Waals surface area contributed by atoms with Gasteiger partial charge in [0.25, 0.3) is 0 Å². The number of benzene rings is 1. The molecular formula is C14H20N4O. The van der Waals surface area contributed by atoms with Crippen LogP contribution in [0.25, 0.3) is 11.0 Å². The van der Waals surface area contributed by atoms with Crippen LogP contribution in [0.15, 0.2) is 18.2 Å². The number of aromatic nitrogens is 2. The fraction of sp³-hybridized carbons (Fsp3) is 0.429. The van der Waals surface area contributed by atoms with Crippen LogP contribution in [-0.2, 0) is 4.79 Å². The summed E-state index contributed by atoms with van der Waals surface area (Å²) in [5.41, 5.74) is 7.66. The third kappa shape index (κ3) is 2.93. The van der Waals surface area contributed by atoms with Gasteiger partial charge in [-0.3, -0.25) is 4.79 Å². The van der Waals surface area contributed by atoms with Crippen molar-refractivity contribution in [1.82, 2.24) is 9.97 Å². The third-order valence-electron chi connectivity index (χ3n) is 3.24. The minimum atomic E-state index is -0.465. The number of carbonyl (C=O) groups excluding carboxylic acids is 1. The zero-order chi connectivity index (χ0) is 14.0. The number of carbonyl (C=O) groups is 1. The lowest BCUT2D eigenvalue weighted by molar-refractivity contribution is -0.124. The molecule has 2 aromatic rings. The topological polar surface area (TPSA) is 83.8 Å². The summed E-state index contributed by atoms with van der Waals surface area (Å²) in [7, 11) is 0. The number of aryl methyl sites for hydroxylation is 1. The van der Waals surface area contributed by atoms with Gasteiger partial charge in [-0.1, -0.05) is 13.8 Å². The Kier molecular flexibility index (Phi) is 3.57. The van der Waals surface area contributed by atoms with Crippen LogP contribution < -0.4 is 11.1 Å². The molecule has 2 rings (SSSR count). The minimum absolute atomic E-state index is 0.0199. The predicted octanol–water partition coefficient (Wildman–Crippen LogP) is 2.18. The van der Waals surface area contributed by atoms with Gasteiger partial charge in [-0.2, -0.15) is 0 Å². The van der Waals surface area contributed by atoms with Gasteiger partial charge in [0.05, 0.1) is 11.0 Å². The van der Waals surface area contributed by atoms with E-state index in [1.807, 2.05) is 39.0 Å². The monoisotopic (exact) mass is 260 g/mol. The standard InChI is InChI=1S/C14H20N4O/c1-9-16-11-5-4-10(8-12(11)17-9)18-13(19)14(2,3)6-7-15/h4-5,8H,6-7,15H2,1-3H3,(H,16,17)(H,18,19). The first-order chi connectivity index (χ1) is 8.92. The third-order valence-corrected chi connectivity index (χ3v) is 3.24. The summed E-state index contributed by atoms with van der Waals surface area (Å²) < 4.78 is 0. The molecule has 0 aliphatic heterocycles. The molecule has 5 heteroatoms. The van der Waals surface area contributed by atoms with Gasteiger partial charge in [0.1, 0.15) is 5.82 Å². The van der Waals surface area contributed by atoms with Crippen molar-refractivity contribution in [1.29, 1.82) is 0 Å². The average Bonchev–Trinajstić information content (AvgIpc) is 2.68. The molecule has 0 saturated carbocycles. The molecule has 0 aliphatic carbocycles. The molecule has 0 unspecified atom stereocenters. The van der Waals surface area contributed by atoms with Crippen molar-refractivity contribution < 1.29 is 4.79 Å². The molecule has 1 amide bonds. The van der Waals surface area contributed by atoms with Gasteiger partial charge in [0.2, 0.25) is 5.91 Å². The van der Waals surface area contributed by atoms with Gasteiger partial charge in [-0.15, -0.1) is 0 Å². The van der Waals surface area contributed by atoms with E-state index in [2.05, 4.69) is 15.3 Å². The summed E-state index contributed by atoms with van der Waals surface area (Å²) in [6.45, 7) is 6.20. The second-order valence-electron chi connectivity index (χ2n) is 5.43. The summed E-state index contributed by atoms with van der Waals surface area (Å²) in [6.07, 6.45) is 0.657. The number of aromatic amines is 1. The van der Waals surface area contributed by atoms with Crippen molar-refractivity contribution in [3.63, 3.8) is 0 Å². The molecule has 0 spiro atoms. The lowest BCUT2D eigenvalue weighted by atomic mass is 9.88. The van der Waals surface area contributed by atoms with Gasteiger partial charge < -0.3 is 16.0 Å². The van der Waals surface area contributed by atoms with E-state index in [4.69, 9.17) is 5.73 Å². The fourth-order valence-electron chi connectivity index (χ4n) is 1.99. The Bertz CT molecular complexity index is 601. The lowest BCUT2D eigenvalue weighted by Crippen LogP contribution is -2.32. The summed E-state index contributed by atoms with van der Waals surface area (Å²) in [5.74, 6) is 0.843. The Balaban J connectivity index is 2.19. The number of hydrogen-bond acceptors (Lipinski definition) is 3. The van der Waals surface area contributed by atoms with Crippen LogP contribution in [0, 0.1) is 12.3 Å². The van der Waals surface area contributed by atoms with Crippen LogP contribution in [0.2, 0.25) is 0 Å². The zero-order valence-electron chi connectivity index (χ0n) is 11.6. The first-order valence-corrected chi connectivity index (χ1v) is 6.40. The number of rotatable bonds is 4. The van der Waals surface area contributed by atoms with Crippen LogP contribution in [0.5, 0.6) is 0 Å². The van der Waals surface area contributed by atoms with Crippen molar-refractivity contribution in [3.05, 3.63) is 24.0 Å². The number of imidazole rings is 1. The van der Waals surface area contributed by atoms with E-state index in [0.29, 0.717) is 13.0 Å². The van der Waals surface area contributed by atoms with E-state index in [1.54, 1.807) is 0 Å². The van der Waals surface area contributed by atoms with Crippen molar-refractivity contribution >= 4 is 22.6 Å². The summed E-state index contributed by atoms with van der Waals surface area (Å²) in [4.78, 5) is 19.7. The first kappa shape index (κ1) is 13.5. The van der Waals surface area contributed by atoms with Gasteiger partial charge in [0, 0.05) is 11.1 Å². The average molecular weight is 260 g/mol. The van der Waals surface area contributed by atoms with Gasteiger partial charge in [-0.05, 0) is 38.1 Å². The Morgan fingerprint density at radius 1 is 1.47 bits per heavy atom. The molecule has 0 fully saturated rings. The Hall–Kier alpha value is -1.88. The van der Waals surface area contributed by atoms with Crippen LogP contribution in [-0.4, -0.2) is 22.4 Å². The predicted molar refractivity (Wildman–Crippen MR) is 76.9 cm³/mol. The highest BCUT2D eigenvalue weighted by molar-refractivity contribution is 5.96. The van der Waals surface area contributed by atoms with Crippen LogP contribution in [0.3, 0.4) is 0 Å². The number of amides is 1. The highest BCUT2D eigenvalue weighted by Gasteiger charge is 2.26. The molecule has 5 nitrogen and oxygen atoms in total. The Morgan fingerprint density at radius 3 is 2.89 bits per heavy atom. The molecule has 0 bridgehead atoms. The van der Waals surface area contributed by atoms with E-state index < -0.39 is 5.41 Å². The second kappa shape index (κ2) is 5.01. The number of hydrogen-bond donors (Lipinski definition) is 3. The maximum absolute atomic E-state index is 12.2. The molecule has 0 aliphatic rings. The Morgan fingerprint density at radius 2 is 2.21 bits per heavy atom. The van der Waals surface area contributed by atoms with Crippen molar-refractivity contribution in [2.45, 2.75) is 27.2 Å². The van der Waals surface area contributed by atoms with Crippen molar-refractivity contribution in [2.75, 3.05) is 11.9 Å². The molecule has 0 radical (unpaired) electrons. The number of nitrogens with zero attached hydrogens (tertiary/aromatic N) is 1. The van der Waals surface area contributed by atoms with E-state index in [9.17, 15) is 4.79 Å². The summed E-state index contributed by atoms with van der Waals surface area (Å²) in [6, 6.07) is 5.65. The van der Waals surface area contributed by atoms with Gasteiger partial charge >= 0.3 is 0 Å². The largest absolute Gasteiger partial charge is 0.342 e. The molecule has 0 atom stereocenters. The molecule has 102 valence electrons. The highest BCUT2D eigenvalue weighted by Crippen LogP contribution is 2.23. The fourth-order valence-corrected chi connectivity index (χ4v) is 1.99. The SMILES string of the molecule is Cc1nc2ccc(NC(=O)C(C)(C)CCN)cc2[nH]1. The van der Waals surface area contributed by atoms with Crippen molar-refractivity contribution in [2.24, 2.45) is 11.1 Å². The first-order valence-electron chi connectivity index (χ1n) is 6.40. The molecule has 4 N–H and O–H groups in total. The smallest absolute Gasteiger partial charge is 0.230 e. The maximum atomic E-state index is 12.2. The molecule has 19 heavy (non-hydrogen) atoms. The Labute approximate surface area is 112 Å². The van der Waals surface area contributed by atoms with E-state index in [0.717, 1.165) is 22.5 Å². The molecule has 1 aromatic heterocycles.